The molecule has 0 amide bonds. The van der Waals surface area contributed by atoms with Crippen molar-refractivity contribution < 1.29 is 13.2 Å². The molecule has 0 saturated heterocycles. The maximum absolute atomic E-state index is 12.9. The van der Waals surface area contributed by atoms with Crippen LogP contribution in [0.15, 0.2) is 76.6 Å². The summed E-state index contributed by atoms with van der Waals surface area (Å²) < 4.78 is 31.0. The lowest BCUT2D eigenvalue weighted by Gasteiger charge is -2.20. The molecule has 1 aromatic heterocycles. The summed E-state index contributed by atoms with van der Waals surface area (Å²) >= 11 is 0. The number of allylic oxidation sites excluding steroid dienone is 1. The second-order valence-electron chi connectivity index (χ2n) is 7.22. The molecule has 154 valence electrons. The first kappa shape index (κ1) is 20.0. The highest BCUT2D eigenvalue weighted by molar-refractivity contribution is 7.95. The highest BCUT2D eigenvalue weighted by Crippen LogP contribution is 2.30. The summed E-state index contributed by atoms with van der Waals surface area (Å²) in [5, 5.41) is 4.45. The molecule has 0 saturated carbocycles. The van der Waals surface area contributed by atoms with Crippen molar-refractivity contribution in [1.82, 2.24) is 4.98 Å². The molecule has 0 radical (unpaired) electrons. The van der Waals surface area contributed by atoms with Gasteiger partial charge in [0, 0.05) is 28.5 Å². The molecule has 3 aromatic rings. The van der Waals surface area contributed by atoms with Crippen molar-refractivity contribution in [2.24, 2.45) is 0 Å². The van der Waals surface area contributed by atoms with E-state index in [1.807, 2.05) is 37.3 Å². The number of nitrogens with two attached hydrogens (primary N) is 1. The van der Waals surface area contributed by atoms with Crippen molar-refractivity contribution in [3.05, 3.63) is 77.4 Å². The van der Waals surface area contributed by atoms with E-state index in [4.69, 9.17) is 10.5 Å². The largest absolute Gasteiger partial charge is 0.497 e. The Labute approximate surface area is 176 Å². The van der Waals surface area contributed by atoms with Gasteiger partial charge in [0.15, 0.2) is 0 Å². The first-order chi connectivity index (χ1) is 14.4. The molecule has 0 fully saturated rings. The van der Waals surface area contributed by atoms with Gasteiger partial charge in [-0.15, -0.1) is 0 Å². The fourth-order valence-corrected chi connectivity index (χ4v) is 4.81. The van der Waals surface area contributed by atoms with Gasteiger partial charge < -0.3 is 15.8 Å². The number of rotatable bonds is 5. The molecule has 0 aliphatic heterocycles. The zero-order valence-electron chi connectivity index (χ0n) is 16.8. The molecule has 1 aliphatic carbocycles. The fraction of sp³-hybridized carbons (Fsp3) is 0.174. The van der Waals surface area contributed by atoms with Gasteiger partial charge in [0.25, 0.3) is 0 Å². The minimum Gasteiger partial charge on any atom is -0.497 e. The summed E-state index contributed by atoms with van der Waals surface area (Å²) in [6.45, 7) is 1.95. The maximum Gasteiger partial charge on any atom is 0.206 e. The van der Waals surface area contributed by atoms with Crippen LogP contribution in [-0.2, 0) is 9.84 Å². The van der Waals surface area contributed by atoms with E-state index in [1.54, 1.807) is 31.4 Å². The highest BCUT2D eigenvalue weighted by atomic mass is 32.2. The summed E-state index contributed by atoms with van der Waals surface area (Å²) in [4.78, 5) is 5.11. The molecule has 1 aliphatic rings. The Bertz CT molecular complexity index is 1260. The number of anilines is 2. The third-order valence-corrected chi connectivity index (χ3v) is 6.87. The topological polar surface area (TPSA) is 94.3 Å². The van der Waals surface area contributed by atoms with Gasteiger partial charge in [-0.25, -0.2) is 8.42 Å². The summed E-state index contributed by atoms with van der Waals surface area (Å²) in [7, 11) is -1.93. The molecule has 6 nitrogen and oxygen atoms in total. The number of nitrogens with zero attached hydrogens (tertiary/aromatic N) is 1. The zero-order valence-corrected chi connectivity index (χ0v) is 17.6. The van der Waals surface area contributed by atoms with Gasteiger partial charge in [0.2, 0.25) is 9.84 Å². The monoisotopic (exact) mass is 421 g/mol. The summed E-state index contributed by atoms with van der Waals surface area (Å²) in [5.74, 6) is 0.757. The number of fused-ring (bicyclic) bond motifs is 1. The third kappa shape index (κ3) is 3.89. The van der Waals surface area contributed by atoms with E-state index in [0.29, 0.717) is 17.0 Å². The highest BCUT2D eigenvalue weighted by Gasteiger charge is 2.22. The van der Waals surface area contributed by atoms with Crippen LogP contribution >= 0.6 is 0 Å². The lowest BCUT2D eigenvalue weighted by molar-refractivity contribution is 0.415. The molecule has 3 N–H and O–H groups in total. The Morgan fingerprint density at radius 1 is 1.13 bits per heavy atom. The number of ether oxygens (including phenoxy) is 1. The van der Waals surface area contributed by atoms with Crippen LogP contribution in [0.1, 0.15) is 12.1 Å². The normalized spacial score (nSPS) is 16.3. The smallest absolute Gasteiger partial charge is 0.206 e. The number of sulfone groups is 1. The van der Waals surface area contributed by atoms with Crippen LogP contribution in [0.3, 0.4) is 0 Å². The Morgan fingerprint density at radius 3 is 2.57 bits per heavy atom. The van der Waals surface area contributed by atoms with Crippen molar-refractivity contribution in [2.45, 2.75) is 24.3 Å². The predicted molar refractivity (Wildman–Crippen MR) is 120 cm³/mol. The van der Waals surface area contributed by atoms with E-state index in [9.17, 15) is 8.42 Å². The van der Waals surface area contributed by atoms with Gasteiger partial charge in [-0.3, -0.25) is 4.98 Å². The van der Waals surface area contributed by atoms with E-state index in [1.165, 1.54) is 12.1 Å². The molecular weight excluding hydrogens is 398 g/mol. The zero-order chi connectivity index (χ0) is 21.3. The van der Waals surface area contributed by atoms with E-state index in [2.05, 4.69) is 10.3 Å². The molecule has 1 heterocycles. The predicted octanol–water partition coefficient (Wildman–Crippen LogP) is 4.23. The molecule has 0 spiro atoms. The van der Waals surface area contributed by atoms with Crippen LogP contribution in [0.25, 0.3) is 10.9 Å². The van der Waals surface area contributed by atoms with Crippen molar-refractivity contribution in [1.29, 1.82) is 0 Å². The van der Waals surface area contributed by atoms with Gasteiger partial charge >= 0.3 is 0 Å². The molecule has 0 bridgehead atoms. The average molecular weight is 422 g/mol. The minimum absolute atomic E-state index is 0.0356. The third-order valence-electron chi connectivity index (χ3n) is 5.05. The number of hydrogen-bond donors (Lipinski definition) is 2. The van der Waals surface area contributed by atoms with Crippen LogP contribution in [0, 0.1) is 6.92 Å². The molecule has 1 atom stereocenters. The standard InChI is InChI=1S/C23H23N3O3S/c1-15-13-23(21-14-18(29-2)7-12-22(21)25-15)26-17-5-10-20(11-6-17)30(27,28)19-8-3-16(24)4-9-19/h3-5,7-14,17H,6,24H2,1-2H3,(H,25,26). The summed E-state index contributed by atoms with van der Waals surface area (Å²) in [5.41, 5.74) is 8.90. The molecule has 4 rings (SSSR count). The maximum atomic E-state index is 12.9. The average Bonchev–Trinajstić information content (AvgIpc) is 2.74. The first-order valence-electron chi connectivity index (χ1n) is 9.58. The van der Waals surface area contributed by atoms with Gasteiger partial charge in [-0.2, -0.15) is 0 Å². The first-order valence-corrected chi connectivity index (χ1v) is 11.1. The van der Waals surface area contributed by atoms with Gasteiger partial charge in [0.05, 0.1) is 22.4 Å². The van der Waals surface area contributed by atoms with Gasteiger partial charge in [-0.1, -0.05) is 12.2 Å². The van der Waals surface area contributed by atoms with Gasteiger partial charge in [0.1, 0.15) is 5.75 Å². The Balaban J connectivity index is 1.57. The lowest BCUT2D eigenvalue weighted by Crippen LogP contribution is -2.19. The van der Waals surface area contributed by atoms with Crippen molar-refractivity contribution in [2.75, 3.05) is 18.2 Å². The van der Waals surface area contributed by atoms with Crippen LogP contribution < -0.4 is 15.8 Å². The molecule has 1 unspecified atom stereocenters. The Hall–Kier alpha value is -3.32. The van der Waals surface area contributed by atoms with Crippen molar-refractivity contribution in [3.63, 3.8) is 0 Å². The van der Waals surface area contributed by atoms with Crippen LogP contribution in [0.2, 0.25) is 0 Å². The van der Waals surface area contributed by atoms with Crippen LogP contribution in [0.4, 0.5) is 11.4 Å². The second-order valence-corrected chi connectivity index (χ2v) is 9.17. The molecule has 2 aromatic carbocycles. The van der Waals surface area contributed by atoms with Crippen molar-refractivity contribution in [3.8, 4) is 5.75 Å². The number of aromatic nitrogens is 1. The molecule has 30 heavy (non-hydrogen) atoms. The van der Waals surface area contributed by atoms with Crippen molar-refractivity contribution >= 4 is 32.1 Å². The minimum atomic E-state index is -3.56. The SMILES string of the molecule is COc1ccc2nc(C)cc(NC3C=CC(S(=O)(=O)c4ccc(N)cc4)=CC3)c2c1. The van der Waals surface area contributed by atoms with E-state index in [0.717, 1.165) is 28.0 Å². The van der Waals surface area contributed by atoms with E-state index >= 15 is 0 Å². The van der Waals surface area contributed by atoms with E-state index < -0.39 is 9.84 Å². The summed E-state index contributed by atoms with van der Waals surface area (Å²) in [6, 6.07) is 14.0. The number of nitrogen functional groups attached to an aromatic ring is 1. The number of pyridine rings is 1. The van der Waals surface area contributed by atoms with Crippen LogP contribution in [-0.4, -0.2) is 26.6 Å². The second kappa shape index (κ2) is 7.84. The molecule has 7 heteroatoms. The van der Waals surface area contributed by atoms with E-state index in [-0.39, 0.29) is 10.9 Å². The number of nitrogens with one attached hydrogen (secondary N) is 1. The Kier molecular flexibility index (Phi) is 5.22. The summed E-state index contributed by atoms with van der Waals surface area (Å²) in [6.07, 6.45) is 5.84. The Morgan fingerprint density at radius 2 is 1.90 bits per heavy atom. The fourth-order valence-electron chi connectivity index (χ4n) is 3.47. The number of hydrogen-bond acceptors (Lipinski definition) is 6. The number of benzene rings is 2. The quantitative estimate of drug-likeness (QED) is 0.599. The molecular formula is C23H23N3O3S. The van der Waals surface area contributed by atoms with Crippen LogP contribution in [0.5, 0.6) is 5.75 Å². The number of aryl methyl sites for hydroxylation is 1. The van der Waals surface area contributed by atoms with Gasteiger partial charge in [-0.05, 0) is 68.0 Å². The number of methoxy groups -OCH3 is 1. The lowest BCUT2D eigenvalue weighted by atomic mass is 10.1.